The van der Waals surface area contributed by atoms with E-state index in [9.17, 15) is 39.0 Å². The zero-order valence-corrected chi connectivity index (χ0v) is 21.3. The molecule has 0 spiro atoms. The van der Waals surface area contributed by atoms with Gasteiger partial charge < -0.3 is 48.3 Å². The summed E-state index contributed by atoms with van der Waals surface area (Å²) in [5.41, 5.74) is 17.0. The average molecular weight is 561 g/mol. The van der Waals surface area contributed by atoms with Gasteiger partial charge in [-0.1, -0.05) is 12.1 Å². The summed E-state index contributed by atoms with van der Waals surface area (Å²) < 4.78 is 0. The number of phenols is 1. The topological polar surface area (TPSA) is 286 Å². The van der Waals surface area contributed by atoms with Gasteiger partial charge in [-0.25, -0.2) is 9.78 Å². The second-order valence-corrected chi connectivity index (χ2v) is 8.96. The van der Waals surface area contributed by atoms with Crippen LogP contribution in [0.15, 0.2) is 36.8 Å². The number of aromatic nitrogens is 2. The van der Waals surface area contributed by atoms with Crippen molar-refractivity contribution in [1.29, 1.82) is 0 Å². The molecule has 0 radical (unpaired) electrons. The molecular formula is C24H32N8O8. The van der Waals surface area contributed by atoms with Crippen molar-refractivity contribution in [2.75, 3.05) is 0 Å². The number of benzene rings is 1. The third-order valence-corrected chi connectivity index (χ3v) is 5.68. The van der Waals surface area contributed by atoms with Crippen LogP contribution in [0.5, 0.6) is 5.75 Å². The van der Waals surface area contributed by atoms with Crippen LogP contribution in [0, 0.1) is 0 Å². The van der Waals surface area contributed by atoms with Gasteiger partial charge in [0.05, 0.1) is 18.8 Å². The number of nitrogens with two attached hydrogens (primary N) is 3. The lowest BCUT2D eigenvalue weighted by molar-refractivity contribution is -0.143. The maximum absolute atomic E-state index is 13.4. The highest BCUT2D eigenvalue weighted by atomic mass is 16.4. The fraction of sp³-hybridized carbons (Fsp3) is 0.375. The van der Waals surface area contributed by atoms with Crippen LogP contribution in [-0.2, 0) is 41.6 Å². The van der Waals surface area contributed by atoms with Crippen molar-refractivity contribution in [1.82, 2.24) is 25.9 Å². The van der Waals surface area contributed by atoms with E-state index < -0.39 is 66.1 Å². The van der Waals surface area contributed by atoms with Crippen molar-refractivity contribution in [3.8, 4) is 5.75 Å². The molecule has 0 saturated heterocycles. The largest absolute Gasteiger partial charge is 0.508 e. The Hall–Kier alpha value is -4.99. The maximum atomic E-state index is 13.4. The second kappa shape index (κ2) is 14.8. The molecule has 0 aliphatic heterocycles. The number of carboxylic acids is 1. The van der Waals surface area contributed by atoms with Crippen LogP contribution in [0.2, 0.25) is 0 Å². The second-order valence-electron chi connectivity index (χ2n) is 8.96. The molecule has 16 heteroatoms. The quantitative estimate of drug-likeness (QED) is 0.0996. The van der Waals surface area contributed by atoms with Crippen molar-refractivity contribution in [2.24, 2.45) is 17.2 Å². The van der Waals surface area contributed by atoms with Gasteiger partial charge in [-0.15, -0.1) is 0 Å². The van der Waals surface area contributed by atoms with E-state index >= 15 is 0 Å². The highest BCUT2D eigenvalue weighted by Crippen LogP contribution is 2.12. The van der Waals surface area contributed by atoms with Gasteiger partial charge in [0.15, 0.2) is 0 Å². The van der Waals surface area contributed by atoms with Crippen LogP contribution in [0.25, 0.3) is 0 Å². The number of aliphatic carboxylic acids is 1. The number of carbonyl (C=O) groups excluding carboxylic acids is 5. The van der Waals surface area contributed by atoms with Gasteiger partial charge in [0.1, 0.15) is 23.9 Å². The summed E-state index contributed by atoms with van der Waals surface area (Å²) in [4.78, 5) is 79.6. The van der Waals surface area contributed by atoms with Crippen LogP contribution in [0.3, 0.4) is 0 Å². The van der Waals surface area contributed by atoms with Gasteiger partial charge in [-0.3, -0.25) is 24.0 Å². The van der Waals surface area contributed by atoms with E-state index in [-0.39, 0.29) is 31.4 Å². The standard InChI is InChI=1S/C24H32N8O8/c25-15(5-6-19(26)34)21(36)30-16(7-12-1-3-14(33)4-2-12)22(37)31-17(8-13-10-28-11-29-13)23(38)32-18(24(39)40)9-20(27)35/h1-4,10-11,15-18,33H,5-9,25H2,(H2,26,34)(H2,27,35)(H,28,29)(H,30,36)(H,31,37)(H,32,38)(H,39,40). The molecule has 1 aromatic carbocycles. The number of primary amides is 2. The molecule has 0 aliphatic rings. The van der Waals surface area contributed by atoms with Crippen molar-refractivity contribution < 1.29 is 39.0 Å². The number of rotatable bonds is 16. The molecule has 1 heterocycles. The minimum Gasteiger partial charge on any atom is -0.508 e. The molecular weight excluding hydrogens is 528 g/mol. The number of H-pyrrole nitrogens is 1. The van der Waals surface area contributed by atoms with E-state index in [0.29, 0.717) is 11.3 Å². The van der Waals surface area contributed by atoms with Gasteiger partial charge in [0.2, 0.25) is 29.5 Å². The first-order valence-electron chi connectivity index (χ1n) is 12.1. The smallest absolute Gasteiger partial charge is 0.326 e. The Balaban J connectivity index is 2.28. The van der Waals surface area contributed by atoms with Crippen molar-refractivity contribution in [3.63, 3.8) is 0 Å². The fourth-order valence-electron chi connectivity index (χ4n) is 3.56. The normalized spacial score (nSPS) is 13.7. The molecule has 12 N–H and O–H groups in total. The van der Waals surface area contributed by atoms with Gasteiger partial charge in [0, 0.05) is 31.2 Å². The van der Waals surface area contributed by atoms with E-state index in [1.54, 1.807) is 0 Å². The zero-order chi connectivity index (χ0) is 29.8. The predicted molar refractivity (Wildman–Crippen MR) is 138 cm³/mol. The first-order valence-corrected chi connectivity index (χ1v) is 12.1. The van der Waals surface area contributed by atoms with E-state index in [1.165, 1.54) is 36.8 Å². The van der Waals surface area contributed by atoms with E-state index in [4.69, 9.17) is 17.2 Å². The number of aromatic hydroxyl groups is 1. The minimum atomic E-state index is -1.65. The van der Waals surface area contributed by atoms with Gasteiger partial charge >= 0.3 is 5.97 Å². The Morgan fingerprint density at radius 2 is 1.43 bits per heavy atom. The summed E-state index contributed by atoms with van der Waals surface area (Å²) in [7, 11) is 0. The Kier molecular flexibility index (Phi) is 11.6. The van der Waals surface area contributed by atoms with Crippen LogP contribution in [0.1, 0.15) is 30.5 Å². The Bertz CT molecular complexity index is 1200. The molecule has 4 atom stereocenters. The van der Waals surface area contributed by atoms with Crippen molar-refractivity contribution >= 4 is 35.5 Å². The number of imidazole rings is 1. The Morgan fingerprint density at radius 1 is 0.850 bits per heavy atom. The molecule has 0 aliphatic carbocycles. The minimum absolute atomic E-state index is 0.0255. The average Bonchev–Trinajstić information content (AvgIpc) is 3.40. The number of carboxylic acid groups (broad SMARTS) is 1. The molecule has 4 unspecified atom stereocenters. The maximum Gasteiger partial charge on any atom is 0.326 e. The summed E-state index contributed by atoms with van der Waals surface area (Å²) in [6.07, 6.45) is 1.56. The van der Waals surface area contributed by atoms with E-state index in [1.807, 2.05) is 0 Å². The summed E-state index contributed by atoms with van der Waals surface area (Å²) in [6.45, 7) is 0. The lowest BCUT2D eigenvalue weighted by Crippen LogP contribution is -2.58. The summed E-state index contributed by atoms with van der Waals surface area (Å²) in [6, 6.07) is 0.322. The van der Waals surface area contributed by atoms with Crippen LogP contribution in [0.4, 0.5) is 0 Å². The monoisotopic (exact) mass is 560 g/mol. The lowest BCUT2D eigenvalue weighted by Gasteiger charge is -2.25. The zero-order valence-electron chi connectivity index (χ0n) is 21.3. The van der Waals surface area contributed by atoms with Crippen LogP contribution >= 0.6 is 0 Å². The van der Waals surface area contributed by atoms with Crippen LogP contribution in [-0.4, -0.2) is 79.9 Å². The Labute approximate surface area is 228 Å². The highest BCUT2D eigenvalue weighted by molar-refractivity contribution is 5.95. The lowest BCUT2D eigenvalue weighted by atomic mass is 10.0. The first-order chi connectivity index (χ1) is 18.8. The number of nitrogens with one attached hydrogen (secondary N) is 4. The number of hydrogen-bond acceptors (Lipinski definition) is 9. The number of phenolic OH excluding ortho intramolecular Hbond substituents is 1. The molecule has 0 saturated carbocycles. The fourth-order valence-corrected chi connectivity index (χ4v) is 3.56. The van der Waals surface area contributed by atoms with Crippen LogP contribution < -0.4 is 33.2 Å². The molecule has 1 aromatic heterocycles. The number of nitrogens with zero attached hydrogens (tertiary/aromatic N) is 1. The summed E-state index contributed by atoms with van der Waals surface area (Å²) in [5.74, 6) is -5.70. The molecule has 2 rings (SSSR count). The molecule has 0 fully saturated rings. The van der Waals surface area contributed by atoms with Crippen molar-refractivity contribution in [2.45, 2.75) is 56.3 Å². The Morgan fingerprint density at radius 3 is 1.95 bits per heavy atom. The van der Waals surface area contributed by atoms with Gasteiger partial charge in [-0.05, 0) is 24.1 Å². The van der Waals surface area contributed by atoms with Crippen molar-refractivity contribution in [3.05, 3.63) is 48.0 Å². The molecule has 216 valence electrons. The number of hydrogen-bond donors (Lipinski definition) is 9. The number of aromatic amines is 1. The van der Waals surface area contributed by atoms with E-state index in [2.05, 4.69) is 25.9 Å². The summed E-state index contributed by atoms with van der Waals surface area (Å²) in [5, 5.41) is 26.1. The molecule has 2 aromatic rings. The number of carbonyl (C=O) groups is 6. The molecule has 0 bridgehead atoms. The van der Waals surface area contributed by atoms with Gasteiger partial charge in [0.25, 0.3) is 0 Å². The number of amides is 5. The third kappa shape index (κ3) is 10.4. The summed E-state index contributed by atoms with van der Waals surface area (Å²) >= 11 is 0. The molecule has 16 nitrogen and oxygen atoms in total. The molecule has 5 amide bonds. The predicted octanol–water partition coefficient (Wildman–Crippen LogP) is -3.09. The first kappa shape index (κ1) is 31.2. The van der Waals surface area contributed by atoms with Gasteiger partial charge in [-0.2, -0.15) is 0 Å². The highest BCUT2D eigenvalue weighted by Gasteiger charge is 2.31. The molecule has 40 heavy (non-hydrogen) atoms. The third-order valence-electron chi connectivity index (χ3n) is 5.68. The SMILES string of the molecule is NC(=O)CCC(N)C(=O)NC(Cc1ccc(O)cc1)C(=O)NC(Cc1cnc[nH]1)C(=O)NC(CC(N)=O)C(=O)O. The van der Waals surface area contributed by atoms with E-state index in [0.717, 1.165) is 0 Å².